The maximum atomic E-state index is 12.1. The first kappa shape index (κ1) is 17.6. The van der Waals surface area contributed by atoms with E-state index in [1.165, 1.54) is 0 Å². The fourth-order valence-electron chi connectivity index (χ4n) is 2.42. The molecule has 126 valence electrons. The number of carbonyl (C=O) groups is 2. The number of esters is 1. The van der Waals surface area contributed by atoms with E-state index in [2.05, 4.69) is 12.2 Å². The monoisotopic (exact) mass is 339 g/mol. The molecule has 1 N–H and O–H groups in total. The SMILES string of the molecule is CCCCCNC(=O)COC(=O)[C@@H]1COc2ccc(Cl)cc2C1. The molecule has 6 heteroatoms. The smallest absolute Gasteiger partial charge is 0.313 e. The van der Waals surface area contributed by atoms with E-state index in [1.807, 2.05) is 0 Å². The third kappa shape index (κ3) is 5.43. The van der Waals surface area contributed by atoms with Crippen molar-refractivity contribution in [1.29, 1.82) is 0 Å². The van der Waals surface area contributed by atoms with Gasteiger partial charge in [-0.15, -0.1) is 0 Å². The number of benzene rings is 1. The summed E-state index contributed by atoms with van der Waals surface area (Å²) in [5, 5.41) is 3.34. The van der Waals surface area contributed by atoms with Crippen molar-refractivity contribution in [2.24, 2.45) is 5.92 Å². The number of halogens is 1. The van der Waals surface area contributed by atoms with E-state index < -0.39 is 11.9 Å². The second-order valence-electron chi connectivity index (χ2n) is 5.63. The summed E-state index contributed by atoms with van der Waals surface area (Å²) < 4.78 is 10.6. The van der Waals surface area contributed by atoms with Crippen LogP contribution < -0.4 is 10.1 Å². The summed E-state index contributed by atoms with van der Waals surface area (Å²) in [5.74, 6) is -0.352. The highest BCUT2D eigenvalue weighted by molar-refractivity contribution is 6.30. The molecule has 1 amide bonds. The lowest BCUT2D eigenvalue weighted by molar-refractivity contribution is -0.153. The van der Waals surface area contributed by atoms with E-state index in [0.717, 1.165) is 30.6 Å². The molecule has 0 radical (unpaired) electrons. The maximum Gasteiger partial charge on any atom is 0.313 e. The molecule has 1 aromatic carbocycles. The molecule has 1 aliphatic rings. The zero-order valence-corrected chi connectivity index (χ0v) is 14.0. The van der Waals surface area contributed by atoms with Gasteiger partial charge in [-0.05, 0) is 36.6 Å². The molecular formula is C17H22ClNO4. The molecule has 1 aromatic rings. The molecule has 1 aliphatic heterocycles. The van der Waals surface area contributed by atoms with Crippen molar-refractivity contribution >= 4 is 23.5 Å². The number of unbranched alkanes of at least 4 members (excludes halogenated alkanes) is 2. The quantitative estimate of drug-likeness (QED) is 0.613. The Kier molecular flexibility index (Phi) is 6.71. The van der Waals surface area contributed by atoms with Gasteiger partial charge >= 0.3 is 5.97 Å². The third-order valence-corrected chi connectivity index (χ3v) is 3.95. The standard InChI is InChI=1S/C17H22ClNO4/c1-2-3-4-7-19-16(20)11-23-17(21)13-8-12-9-14(18)5-6-15(12)22-10-13/h5-6,9,13H,2-4,7-8,10-11H2,1H3,(H,19,20)/t13-/m0/s1. The number of hydrogen-bond donors (Lipinski definition) is 1. The normalized spacial score (nSPS) is 16.2. The second-order valence-corrected chi connectivity index (χ2v) is 6.07. The summed E-state index contributed by atoms with van der Waals surface area (Å²) in [6.07, 6.45) is 3.61. The van der Waals surface area contributed by atoms with Crippen molar-refractivity contribution in [2.45, 2.75) is 32.6 Å². The molecule has 1 heterocycles. The van der Waals surface area contributed by atoms with E-state index in [1.54, 1.807) is 18.2 Å². The van der Waals surface area contributed by atoms with Crippen LogP contribution in [0.25, 0.3) is 0 Å². The zero-order valence-electron chi connectivity index (χ0n) is 13.3. The molecule has 2 rings (SSSR count). The van der Waals surface area contributed by atoms with Crippen LogP contribution >= 0.6 is 11.6 Å². The third-order valence-electron chi connectivity index (χ3n) is 3.71. The minimum absolute atomic E-state index is 0.246. The number of rotatable bonds is 7. The molecule has 0 unspecified atom stereocenters. The van der Waals surface area contributed by atoms with E-state index in [0.29, 0.717) is 18.0 Å². The molecule has 0 spiro atoms. The number of carbonyl (C=O) groups excluding carboxylic acids is 2. The summed E-state index contributed by atoms with van der Waals surface area (Å²) in [7, 11) is 0. The topological polar surface area (TPSA) is 64.6 Å². The Morgan fingerprint density at radius 1 is 1.39 bits per heavy atom. The van der Waals surface area contributed by atoms with Gasteiger partial charge in [-0.25, -0.2) is 0 Å². The van der Waals surface area contributed by atoms with Gasteiger partial charge in [0.1, 0.15) is 12.4 Å². The summed E-state index contributed by atoms with van der Waals surface area (Å²) in [4.78, 5) is 23.7. The van der Waals surface area contributed by atoms with Crippen LogP contribution in [0.1, 0.15) is 31.7 Å². The average Bonchev–Trinajstić information content (AvgIpc) is 2.55. The molecular weight excluding hydrogens is 318 g/mol. The lowest BCUT2D eigenvalue weighted by Gasteiger charge is -2.24. The molecule has 0 aromatic heterocycles. The Labute approximate surface area is 141 Å². The fraction of sp³-hybridized carbons (Fsp3) is 0.529. The second kappa shape index (κ2) is 8.77. The summed E-state index contributed by atoms with van der Waals surface area (Å²) >= 11 is 5.95. The van der Waals surface area contributed by atoms with Crippen LogP contribution in [0, 0.1) is 5.92 Å². The average molecular weight is 340 g/mol. The summed E-state index contributed by atoms with van der Waals surface area (Å²) in [6.45, 7) is 2.72. The highest BCUT2D eigenvalue weighted by Crippen LogP contribution is 2.30. The highest BCUT2D eigenvalue weighted by Gasteiger charge is 2.27. The molecule has 0 saturated heterocycles. The predicted octanol–water partition coefficient (Wildman–Crippen LogP) is 2.74. The van der Waals surface area contributed by atoms with Gasteiger partial charge in [0.2, 0.25) is 0 Å². The van der Waals surface area contributed by atoms with Gasteiger partial charge in [0.15, 0.2) is 6.61 Å². The Morgan fingerprint density at radius 2 is 2.22 bits per heavy atom. The largest absolute Gasteiger partial charge is 0.492 e. The Morgan fingerprint density at radius 3 is 3.00 bits per heavy atom. The first-order chi connectivity index (χ1) is 11.1. The van der Waals surface area contributed by atoms with Crippen molar-refractivity contribution < 1.29 is 19.1 Å². The molecule has 23 heavy (non-hydrogen) atoms. The minimum Gasteiger partial charge on any atom is -0.492 e. The zero-order chi connectivity index (χ0) is 16.7. The lowest BCUT2D eigenvalue weighted by atomic mass is 9.97. The van der Waals surface area contributed by atoms with Gasteiger partial charge in [-0.2, -0.15) is 0 Å². The molecule has 0 aliphatic carbocycles. The van der Waals surface area contributed by atoms with E-state index in [9.17, 15) is 9.59 Å². The van der Waals surface area contributed by atoms with E-state index >= 15 is 0 Å². The van der Waals surface area contributed by atoms with Crippen LogP contribution in [0.15, 0.2) is 18.2 Å². The van der Waals surface area contributed by atoms with Crippen molar-refractivity contribution in [2.75, 3.05) is 19.8 Å². The molecule has 5 nitrogen and oxygen atoms in total. The van der Waals surface area contributed by atoms with Crippen molar-refractivity contribution in [1.82, 2.24) is 5.32 Å². The minimum atomic E-state index is -0.417. The number of fused-ring (bicyclic) bond motifs is 1. The summed E-state index contributed by atoms with van der Waals surface area (Å²) in [6, 6.07) is 5.33. The van der Waals surface area contributed by atoms with Gasteiger partial charge in [0, 0.05) is 11.6 Å². The van der Waals surface area contributed by atoms with Crippen LogP contribution in [0.4, 0.5) is 0 Å². The Balaban J connectivity index is 1.75. The molecule has 0 bridgehead atoms. The van der Waals surface area contributed by atoms with Gasteiger partial charge in [0.25, 0.3) is 5.91 Å². The van der Waals surface area contributed by atoms with Gasteiger partial charge < -0.3 is 14.8 Å². The first-order valence-electron chi connectivity index (χ1n) is 7.94. The van der Waals surface area contributed by atoms with Gasteiger partial charge in [-0.1, -0.05) is 31.4 Å². The van der Waals surface area contributed by atoms with E-state index in [-0.39, 0.29) is 19.1 Å². The van der Waals surface area contributed by atoms with Gasteiger partial charge in [0.05, 0.1) is 5.92 Å². The van der Waals surface area contributed by atoms with Crippen LogP contribution in [-0.2, 0) is 20.7 Å². The number of ether oxygens (including phenoxy) is 2. The number of hydrogen-bond acceptors (Lipinski definition) is 4. The Bertz CT molecular complexity index is 562. The fourth-order valence-corrected chi connectivity index (χ4v) is 2.62. The van der Waals surface area contributed by atoms with E-state index in [4.69, 9.17) is 21.1 Å². The Hall–Kier alpha value is -1.75. The van der Waals surface area contributed by atoms with Crippen molar-refractivity contribution in [3.63, 3.8) is 0 Å². The summed E-state index contributed by atoms with van der Waals surface area (Å²) in [5.41, 5.74) is 0.884. The predicted molar refractivity (Wildman–Crippen MR) is 87.6 cm³/mol. The van der Waals surface area contributed by atoms with Crippen LogP contribution in [0.3, 0.4) is 0 Å². The highest BCUT2D eigenvalue weighted by atomic mass is 35.5. The van der Waals surface area contributed by atoms with Crippen molar-refractivity contribution in [3.8, 4) is 5.75 Å². The number of nitrogens with one attached hydrogen (secondary N) is 1. The lowest BCUT2D eigenvalue weighted by Crippen LogP contribution is -2.34. The number of amides is 1. The van der Waals surface area contributed by atoms with Gasteiger partial charge in [-0.3, -0.25) is 9.59 Å². The molecule has 0 saturated carbocycles. The maximum absolute atomic E-state index is 12.1. The van der Waals surface area contributed by atoms with Crippen molar-refractivity contribution in [3.05, 3.63) is 28.8 Å². The van der Waals surface area contributed by atoms with Crippen LogP contribution in [0.2, 0.25) is 5.02 Å². The van der Waals surface area contributed by atoms with Crippen LogP contribution in [0.5, 0.6) is 5.75 Å². The molecule has 1 atom stereocenters. The first-order valence-corrected chi connectivity index (χ1v) is 8.32. The van der Waals surface area contributed by atoms with Crippen LogP contribution in [-0.4, -0.2) is 31.6 Å². The molecule has 0 fully saturated rings.